The molecule has 0 amide bonds. The average Bonchev–Trinajstić information content (AvgIpc) is 3.26. The molecule has 0 aliphatic heterocycles. The van der Waals surface area contributed by atoms with Crippen molar-refractivity contribution in [2.24, 2.45) is 10.9 Å². The van der Waals surface area contributed by atoms with Gasteiger partial charge in [0.05, 0.1) is 16.4 Å². The molecule has 2 unspecified atom stereocenters. The van der Waals surface area contributed by atoms with E-state index < -0.39 is 14.9 Å². The van der Waals surface area contributed by atoms with E-state index in [0.717, 1.165) is 12.5 Å². The van der Waals surface area contributed by atoms with Crippen LogP contribution in [-0.2, 0) is 10.0 Å². The number of hydrogen-bond donors (Lipinski definition) is 3. The van der Waals surface area contributed by atoms with Crippen molar-refractivity contribution < 1.29 is 13.3 Å². The first-order valence-corrected chi connectivity index (χ1v) is 9.60. The van der Waals surface area contributed by atoms with Gasteiger partial charge in [-0.3, -0.25) is 15.1 Å². The van der Waals surface area contributed by atoms with Gasteiger partial charge in [-0.25, -0.2) is 13.1 Å². The zero-order valence-electron chi connectivity index (χ0n) is 14.6. The molecule has 0 radical (unpaired) electrons. The van der Waals surface area contributed by atoms with Crippen molar-refractivity contribution in [1.29, 1.82) is 0 Å². The number of nitro groups is 1. The van der Waals surface area contributed by atoms with E-state index in [1.165, 1.54) is 18.2 Å². The van der Waals surface area contributed by atoms with Crippen LogP contribution in [0.25, 0.3) is 0 Å². The second kappa shape index (κ2) is 10.0. The van der Waals surface area contributed by atoms with Gasteiger partial charge < -0.3 is 10.6 Å². The molecule has 1 aliphatic rings. The van der Waals surface area contributed by atoms with Gasteiger partial charge in [-0.1, -0.05) is 13.0 Å². The first kappa shape index (κ1) is 22.6. The van der Waals surface area contributed by atoms with Gasteiger partial charge in [-0.2, -0.15) is 0 Å². The van der Waals surface area contributed by atoms with E-state index in [2.05, 4.69) is 27.3 Å². The summed E-state index contributed by atoms with van der Waals surface area (Å²) < 4.78 is 26.8. The minimum Gasteiger partial charge on any atom is -0.357 e. The zero-order chi connectivity index (χ0) is 18.4. The standard InChI is InChI=1S/C15H23N5O4S.HI/c1-3-16-15(19-14-9-11(14)2)17-7-8-18-25(23,24)13-6-4-5-12(10-13)20(21)22;/h4-6,10-11,14,18H,3,7-9H2,1-2H3,(H2,16,17,19);1H. The van der Waals surface area contributed by atoms with Gasteiger partial charge in [-0.05, 0) is 25.3 Å². The number of aliphatic imine (C=N–C) groups is 1. The van der Waals surface area contributed by atoms with Crippen LogP contribution in [-0.4, -0.2) is 45.0 Å². The highest BCUT2D eigenvalue weighted by atomic mass is 127. The SMILES string of the molecule is CCNC(=NCCNS(=O)(=O)c1cccc([N+](=O)[O-])c1)NC1CC1C.I. The molecule has 2 rings (SSSR count). The van der Waals surface area contributed by atoms with Crippen LogP contribution >= 0.6 is 24.0 Å². The lowest BCUT2D eigenvalue weighted by Gasteiger charge is -2.11. The van der Waals surface area contributed by atoms with Crippen LogP contribution < -0.4 is 15.4 Å². The number of non-ortho nitro benzene ring substituents is 1. The highest BCUT2D eigenvalue weighted by Gasteiger charge is 2.33. The molecule has 2 atom stereocenters. The maximum absolute atomic E-state index is 12.2. The number of halogens is 1. The van der Waals surface area contributed by atoms with Crippen LogP contribution in [0.1, 0.15) is 20.3 Å². The van der Waals surface area contributed by atoms with E-state index in [4.69, 9.17) is 0 Å². The molecule has 0 heterocycles. The molecule has 0 saturated heterocycles. The second-order valence-electron chi connectivity index (χ2n) is 5.88. The maximum atomic E-state index is 12.2. The molecule has 1 fully saturated rings. The molecule has 146 valence electrons. The van der Waals surface area contributed by atoms with Gasteiger partial charge in [0.2, 0.25) is 10.0 Å². The maximum Gasteiger partial charge on any atom is 0.270 e. The van der Waals surface area contributed by atoms with Crippen LogP contribution in [0.3, 0.4) is 0 Å². The number of nitrogens with one attached hydrogen (secondary N) is 3. The van der Waals surface area contributed by atoms with Gasteiger partial charge in [0.15, 0.2) is 5.96 Å². The van der Waals surface area contributed by atoms with Gasteiger partial charge in [-0.15, -0.1) is 24.0 Å². The van der Waals surface area contributed by atoms with Crippen molar-refractivity contribution in [2.75, 3.05) is 19.6 Å². The van der Waals surface area contributed by atoms with Crippen molar-refractivity contribution >= 4 is 45.6 Å². The third-order valence-electron chi connectivity index (χ3n) is 3.79. The molecule has 3 N–H and O–H groups in total. The Labute approximate surface area is 170 Å². The van der Waals surface area contributed by atoms with Gasteiger partial charge in [0.25, 0.3) is 5.69 Å². The van der Waals surface area contributed by atoms with Crippen molar-refractivity contribution in [1.82, 2.24) is 15.4 Å². The highest BCUT2D eigenvalue weighted by molar-refractivity contribution is 14.0. The van der Waals surface area contributed by atoms with E-state index in [-0.39, 0.29) is 47.6 Å². The predicted octanol–water partition coefficient (Wildman–Crippen LogP) is 1.45. The number of rotatable bonds is 8. The highest BCUT2D eigenvalue weighted by Crippen LogP contribution is 2.28. The van der Waals surface area contributed by atoms with Crippen LogP contribution in [0.15, 0.2) is 34.2 Å². The summed E-state index contributed by atoms with van der Waals surface area (Å²) in [5.41, 5.74) is -0.266. The minimum absolute atomic E-state index is 0. The van der Waals surface area contributed by atoms with Crippen molar-refractivity contribution in [3.63, 3.8) is 0 Å². The molecule has 9 nitrogen and oxygen atoms in total. The normalized spacial score (nSPS) is 19.4. The quantitative estimate of drug-likeness (QED) is 0.125. The van der Waals surface area contributed by atoms with E-state index >= 15 is 0 Å². The Hall–Kier alpha value is -1.47. The molecular formula is C15H24IN5O4S. The molecule has 1 aliphatic carbocycles. The molecule has 0 aromatic heterocycles. The minimum atomic E-state index is -3.81. The Balaban J connectivity index is 0.00000338. The lowest BCUT2D eigenvalue weighted by Crippen LogP contribution is -2.39. The Morgan fingerprint density at radius 1 is 1.42 bits per heavy atom. The van der Waals surface area contributed by atoms with Crippen molar-refractivity contribution in [3.8, 4) is 0 Å². The fraction of sp³-hybridized carbons (Fsp3) is 0.533. The molecule has 26 heavy (non-hydrogen) atoms. The summed E-state index contributed by atoms with van der Waals surface area (Å²) >= 11 is 0. The van der Waals surface area contributed by atoms with Crippen LogP contribution in [0.5, 0.6) is 0 Å². The van der Waals surface area contributed by atoms with Crippen LogP contribution in [0.2, 0.25) is 0 Å². The number of nitro benzene ring substituents is 1. The molecule has 0 spiro atoms. The Kier molecular flexibility index (Phi) is 8.70. The topological polar surface area (TPSA) is 126 Å². The predicted molar refractivity (Wildman–Crippen MR) is 110 cm³/mol. The van der Waals surface area contributed by atoms with Crippen molar-refractivity contribution in [3.05, 3.63) is 34.4 Å². The third kappa shape index (κ3) is 6.68. The zero-order valence-corrected chi connectivity index (χ0v) is 17.8. The monoisotopic (exact) mass is 497 g/mol. The van der Waals surface area contributed by atoms with Crippen molar-refractivity contribution in [2.45, 2.75) is 31.2 Å². The summed E-state index contributed by atoms with van der Waals surface area (Å²) in [6.45, 7) is 5.17. The van der Waals surface area contributed by atoms with E-state index in [1.54, 1.807) is 0 Å². The fourth-order valence-electron chi connectivity index (χ4n) is 2.21. The Morgan fingerprint density at radius 2 is 2.12 bits per heavy atom. The number of nitrogens with zero attached hydrogens (tertiary/aromatic N) is 2. The number of sulfonamides is 1. The second-order valence-corrected chi connectivity index (χ2v) is 7.64. The number of benzene rings is 1. The average molecular weight is 497 g/mol. The summed E-state index contributed by atoms with van der Waals surface area (Å²) in [6.07, 6.45) is 1.10. The Bertz CT molecular complexity index is 756. The van der Waals surface area contributed by atoms with Gasteiger partial charge >= 0.3 is 0 Å². The summed E-state index contributed by atoms with van der Waals surface area (Å²) in [5.74, 6) is 1.28. The summed E-state index contributed by atoms with van der Waals surface area (Å²) in [4.78, 5) is 14.3. The number of hydrogen-bond acceptors (Lipinski definition) is 5. The molecule has 1 aromatic carbocycles. The Morgan fingerprint density at radius 3 is 2.69 bits per heavy atom. The molecule has 1 saturated carbocycles. The van der Waals surface area contributed by atoms with Gasteiger partial charge in [0, 0.05) is 31.3 Å². The first-order valence-electron chi connectivity index (χ1n) is 8.12. The van der Waals surface area contributed by atoms with Gasteiger partial charge in [0.1, 0.15) is 0 Å². The van der Waals surface area contributed by atoms with Crippen LogP contribution in [0.4, 0.5) is 5.69 Å². The smallest absolute Gasteiger partial charge is 0.270 e. The number of guanidine groups is 1. The summed E-state index contributed by atoms with van der Waals surface area (Å²) in [6, 6.07) is 5.36. The van der Waals surface area contributed by atoms with E-state index in [1.807, 2.05) is 6.92 Å². The first-order chi connectivity index (χ1) is 11.8. The lowest BCUT2D eigenvalue weighted by atomic mass is 10.3. The molecule has 1 aromatic rings. The van der Waals surface area contributed by atoms with Crippen LogP contribution in [0, 0.1) is 16.0 Å². The summed E-state index contributed by atoms with van der Waals surface area (Å²) in [7, 11) is -3.81. The van der Waals surface area contributed by atoms with E-state index in [0.29, 0.717) is 24.5 Å². The molecule has 0 bridgehead atoms. The van der Waals surface area contributed by atoms with E-state index in [9.17, 15) is 18.5 Å². The third-order valence-corrected chi connectivity index (χ3v) is 5.25. The summed E-state index contributed by atoms with van der Waals surface area (Å²) in [5, 5.41) is 17.1. The largest absolute Gasteiger partial charge is 0.357 e. The fourth-order valence-corrected chi connectivity index (χ4v) is 3.27. The lowest BCUT2D eigenvalue weighted by molar-refractivity contribution is -0.385. The molecule has 11 heteroatoms. The molecular weight excluding hydrogens is 473 g/mol.